The molecule has 0 aliphatic rings. The van der Waals surface area contributed by atoms with Gasteiger partial charge in [-0.05, 0) is 73.9 Å². The Labute approximate surface area is 200 Å². The molecule has 4 heteroatoms. The fourth-order valence-corrected chi connectivity index (χ4v) is 4.50. The molecule has 0 bridgehead atoms. The van der Waals surface area contributed by atoms with Crippen LogP contribution in [0.5, 0.6) is 11.5 Å². The standard InChI is InChI=1S/C29H42O4/c1-7-8-9-10-11-12-15-33-26(30)13-14-29(6,24-16-20(2)27(31)21(3)17-24)25-18-22(4)28(32)23(5)19-25/h16-19,31-32H,7-15H2,1-6H3. The summed E-state index contributed by atoms with van der Waals surface area (Å²) in [6.07, 6.45) is 7.85. The molecular formula is C29H42O4. The van der Waals surface area contributed by atoms with Crippen LogP contribution in [0, 0.1) is 27.7 Å². The van der Waals surface area contributed by atoms with Crippen LogP contribution in [-0.4, -0.2) is 22.8 Å². The summed E-state index contributed by atoms with van der Waals surface area (Å²) in [5.41, 5.74) is 4.88. The van der Waals surface area contributed by atoms with E-state index in [1.54, 1.807) is 0 Å². The Bertz CT molecular complexity index is 841. The molecule has 0 aliphatic carbocycles. The number of esters is 1. The minimum Gasteiger partial charge on any atom is -0.507 e. The molecule has 182 valence electrons. The van der Waals surface area contributed by atoms with Gasteiger partial charge in [0.05, 0.1) is 6.61 Å². The van der Waals surface area contributed by atoms with Crippen molar-refractivity contribution in [2.24, 2.45) is 0 Å². The monoisotopic (exact) mass is 454 g/mol. The molecule has 2 aromatic rings. The Morgan fingerprint density at radius 2 is 1.21 bits per heavy atom. The largest absolute Gasteiger partial charge is 0.507 e. The van der Waals surface area contributed by atoms with Crippen molar-refractivity contribution < 1.29 is 19.7 Å². The molecule has 0 aliphatic heterocycles. The van der Waals surface area contributed by atoms with Crippen LogP contribution in [0.1, 0.15) is 98.6 Å². The van der Waals surface area contributed by atoms with Gasteiger partial charge in [0.15, 0.2) is 0 Å². The maximum Gasteiger partial charge on any atom is 0.305 e. The van der Waals surface area contributed by atoms with Crippen molar-refractivity contribution in [3.05, 3.63) is 57.6 Å². The van der Waals surface area contributed by atoms with Gasteiger partial charge < -0.3 is 14.9 Å². The Morgan fingerprint density at radius 1 is 0.788 bits per heavy atom. The van der Waals surface area contributed by atoms with Crippen LogP contribution in [0.4, 0.5) is 0 Å². The molecular weight excluding hydrogens is 412 g/mol. The predicted octanol–water partition coefficient (Wildman–Crippen LogP) is 7.32. The molecule has 0 spiro atoms. The molecule has 4 nitrogen and oxygen atoms in total. The zero-order chi connectivity index (χ0) is 24.6. The summed E-state index contributed by atoms with van der Waals surface area (Å²) in [6.45, 7) is 12.4. The Morgan fingerprint density at radius 3 is 1.67 bits per heavy atom. The van der Waals surface area contributed by atoms with Crippen LogP contribution < -0.4 is 0 Å². The van der Waals surface area contributed by atoms with Crippen molar-refractivity contribution in [3.8, 4) is 11.5 Å². The average Bonchev–Trinajstić information content (AvgIpc) is 2.78. The Balaban J connectivity index is 2.19. The molecule has 0 heterocycles. The molecule has 0 atom stereocenters. The van der Waals surface area contributed by atoms with Gasteiger partial charge in [0.1, 0.15) is 11.5 Å². The van der Waals surface area contributed by atoms with Crippen LogP contribution >= 0.6 is 0 Å². The third-order valence-electron chi connectivity index (χ3n) is 6.85. The minimum absolute atomic E-state index is 0.172. The van der Waals surface area contributed by atoms with Gasteiger partial charge in [0.25, 0.3) is 0 Å². The van der Waals surface area contributed by atoms with Crippen LogP contribution in [0.3, 0.4) is 0 Å². The molecule has 0 aromatic heterocycles. The summed E-state index contributed by atoms with van der Waals surface area (Å²) >= 11 is 0. The first-order chi connectivity index (χ1) is 15.6. The van der Waals surface area contributed by atoms with Gasteiger partial charge in [-0.2, -0.15) is 0 Å². The van der Waals surface area contributed by atoms with E-state index in [9.17, 15) is 15.0 Å². The van der Waals surface area contributed by atoms with E-state index in [4.69, 9.17) is 4.74 Å². The fourth-order valence-electron chi connectivity index (χ4n) is 4.50. The van der Waals surface area contributed by atoms with Gasteiger partial charge in [-0.1, -0.05) is 70.2 Å². The lowest BCUT2D eigenvalue weighted by Gasteiger charge is -2.32. The van der Waals surface area contributed by atoms with Crippen LogP contribution in [-0.2, 0) is 14.9 Å². The van der Waals surface area contributed by atoms with E-state index in [1.807, 2.05) is 52.0 Å². The van der Waals surface area contributed by atoms with E-state index in [1.165, 1.54) is 25.7 Å². The maximum absolute atomic E-state index is 12.6. The van der Waals surface area contributed by atoms with E-state index < -0.39 is 5.41 Å². The van der Waals surface area contributed by atoms with Crippen molar-refractivity contribution in [2.75, 3.05) is 6.61 Å². The van der Waals surface area contributed by atoms with Gasteiger partial charge >= 0.3 is 5.97 Å². The highest BCUT2D eigenvalue weighted by atomic mass is 16.5. The summed E-state index contributed by atoms with van der Waals surface area (Å²) < 4.78 is 5.53. The summed E-state index contributed by atoms with van der Waals surface area (Å²) in [4.78, 5) is 12.6. The number of carbonyl (C=O) groups is 1. The fraction of sp³-hybridized carbons (Fsp3) is 0.552. The number of hydrogen-bond acceptors (Lipinski definition) is 4. The quantitative estimate of drug-likeness (QED) is 0.260. The number of phenolic OH excluding ortho intramolecular Hbond substituents is 2. The van der Waals surface area contributed by atoms with Crippen molar-refractivity contribution in [1.82, 2.24) is 0 Å². The van der Waals surface area contributed by atoms with Gasteiger partial charge in [-0.3, -0.25) is 4.79 Å². The second-order valence-electron chi connectivity index (χ2n) is 9.74. The zero-order valence-corrected chi connectivity index (χ0v) is 21.4. The highest BCUT2D eigenvalue weighted by Crippen LogP contribution is 2.41. The lowest BCUT2D eigenvalue weighted by Crippen LogP contribution is -2.26. The molecule has 0 unspecified atom stereocenters. The number of carbonyl (C=O) groups excluding carboxylic acids is 1. The molecule has 0 fully saturated rings. The van der Waals surface area contributed by atoms with E-state index in [0.717, 1.165) is 46.2 Å². The van der Waals surface area contributed by atoms with E-state index in [2.05, 4.69) is 13.8 Å². The number of ether oxygens (including phenoxy) is 1. The molecule has 2 rings (SSSR count). The average molecular weight is 455 g/mol. The molecule has 0 amide bonds. The molecule has 0 saturated carbocycles. The molecule has 0 radical (unpaired) electrons. The minimum atomic E-state index is -0.467. The van der Waals surface area contributed by atoms with Gasteiger partial charge in [-0.15, -0.1) is 0 Å². The van der Waals surface area contributed by atoms with Gasteiger partial charge in [0, 0.05) is 11.8 Å². The van der Waals surface area contributed by atoms with E-state index in [0.29, 0.717) is 30.9 Å². The highest BCUT2D eigenvalue weighted by molar-refractivity contribution is 5.69. The van der Waals surface area contributed by atoms with Gasteiger partial charge in [0.2, 0.25) is 0 Å². The number of phenols is 2. The topological polar surface area (TPSA) is 66.8 Å². The first kappa shape index (κ1) is 26.8. The van der Waals surface area contributed by atoms with E-state index in [-0.39, 0.29) is 5.97 Å². The Kier molecular flexibility index (Phi) is 9.82. The van der Waals surface area contributed by atoms with Crippen molar-refractivity contribution in [3.63, 3.8) is 0 Å². The molecule has 0 saturated heterocycles. The molecule has 2 aromatic carbocycles. The summed E-state index contributed by atoms with van der Waals surface area (Å²) in [7, 11) is 0. The first-order valence-corrected chi connectivity index (χ1v) is 12.4. The van der Waals surface area contributed by atoms with Crippen molar-refractivity contribution >= 4 is 5.97 Å². The number of aromatic hydroxyl groups is 2. The first-order valence-electron chi connectivity index (χ1n) is 12.4. The molecule has 33 heavy (non-hydrogen) atoms. The van der Waals surface area contributed by atoms with Crippen molar-refractivity contribution in [1.29, 1.82) is 0 Å². The van der Waals surface area contributed by atoms with Crippen molar-refractivity contribution in [2.45, 2.75) is 98.3 Å². The Hall–Kier alpha value is -2.49. The summed E-state index contributed by atoms with van der Waals surface area (Å²) in [6, 6.07) is 8.01. The number of benzene rings is 2. The third kappa shape index (κ3) is 6.99. The SMILES string of the molecule is CCCCCCCCOC(=O)CCC(C)(c1cc(C)c(O)c(C)c1)c1cc(C)c(O)c(C)c1. The van der Waals surface area contributed by atoms with E-state index >= 15 is 0 Å². The number of unbranched alkanes of at least 4 members (excludes halogenated alkanes) is 5. The predicted molar refractivity (Wildman–Crippen MR) is 135 cm³/mol. The number of rotatable bonds is 12. The van der Waals surface area contributed by atoms with Gasteiger partial charge in [-0.25, -0.2) is 0 Å². The number of aryl methyl sites for hydroxylation is 4. The zero-order valence-electron chi connectivity index (χ0n) is 21.4. The smallest absolute Gasteiger partial charge is 0.305 e. The second kappa shape index (κ2) is 12.1. The second-order valence-corrected chi connectivity index (χ2v) is 9.74. The van der Waals surface area contributed by atoms with Crippen LogP contribution in [0.15, 0.2) is 24.3 Å². The third-order valence-corrected chi connectivity index (χ3v) is 6.85. The highest BCUT2D eigenvalue weighted by Gasteiger charge is 2.32. The molecule has 2 N–H and O–H groups in total. The summed E-state index contributed by atoms with van der Waals surface area (Å²) in [5, 5.41) is 20.6. The lowest BCUT2D eigenvalue weighted by atomic mass is 9.71. The van der Waals surface area contributed by atoms with Crippen LogP contribution in [0.2, 0.25) is 0 Å². The lowest BCUT2D eigenvalue weighted by molar-refractivity contribution is -0.144. The number of hydrogen-bond donors (Lipinski definition) is 2. The normalized spacial score (nSPS) is 11.6. The summed E-state index contributed by atoms with van der Waals surface area (Å²) in [5.74, 6) is 0.434. The maximum atomic E-state index is 12.6. The van der Waals surface area contributed by atoms with Crippen LogP contribution in [0.25, 0.3) is 0 Å².